The van der Waals surface area contributed by atoms with E-state index in [0.717, 1.165) is 38.6 Å². The van der Waals surface area contributed by atoms with Crippen LogP contribution < -0.4 is 11.1 Å². The summed E-state index contributed by atoms with van der Waals surface area (Å²) in [6.45, 7) is 5.78. The molecule has 18 heavy (non-hydrogen) atoms. The number of nitrogens with one attached hydrogen (secondary N) is 1. The number of amides is 1. The van der Waals surface area contributed by atoms with Crippen molar-refractivity contribution in [2.45, 2.75) is 12.8 Å². The standard InChI is InChI=1S/C12H22N4OS/c13-11(18)8-15-3-5-16(6-4-15)9-12(17)14-7-10-1-2-10/h10H,1-9H2,(H2,13,18)(H,14,17). The van der Waals surface area contributed by atoms with Crippen LogP contribution >= 0.6 is 12.2 Å². The Balaban J connectivity index is 1.60. The van der Waals surface area contributed by atoms with Gasteiger partial charge in [0.15, 0.2) is 0 Å². The Hall–Kier alpha value is -0.720. The fraction of sp³-hybridized carbons (Fsp3) is 0.833. The lowest BCUT2D eigenvalue weighted by Crippen LogP contribution is -2.51. The summed E-state index contributed by atoms with van der Waals surface area (Å²) in [5.41, 5.74) is 5.52. The van der Waals surface area contributed by atoms with Gasteiger partial charge < -0.3 is 11.1 Å². The van der Waals surface area contributed by atoms with Crippen LogP contribution in [0.3, 0.4) is 0 Å². The summed E-state index contributed by atoms with van der Waals surface area (Å²) < 4.78 is 0. The van der Waals surface area contributed by atoms with Gasteiger partial charge in [0.2, 0.25) is 5.91 Å². The second-order valence-corrected chi connectivity index (χ2v) is 5.79. The molecule has 2 rings (SSSR count). The van der Waals surface area contributed by atoms with Gasteiger partial charge in [-0.15, -0.1) is 0 Å². The first kappa shape index (κ1) is 13.7. The Morgan fingerprint density at radius 1 is 1.17 bits per heavy atom. The quantitative estimate of drug-likeness (QED) is 0.632. The highest BCUT2D eigenvalue weighted by Gasteiger charge is 2.23. The lowest BCUT2D eigenvalue weighted by atomic mass is 10.3. The van der Waals surface area contributed by atoms with Gasteiger partial charge in [-0.3, -0.25) is 14.6 Å². The van der Waals surface area contributed by atoms with Crippen LogP contribution in [-0.2, 0) is 4.79 Å². The van der Waals surface area contributed by atoms with E-state index in [2.05, 4.69) is 15.1 Å². The predicted molar refractivity (Wildman–Crippen MR) is 75.4 cm³/mol. The van der Waals surface area contributed by atoms with E-state index >= 15 is 0 Å². The number of thiocarbonyl (C=S) groups is 1. The monoisotopic (exact) mass is 270 g/mol. The molecule has 102 valence electrons. The van der Waals surface area contributed by atoms with E-state index < -0.39 is 0 Å². The van der Waals surface area contributed by atoms with Gasteiger partial charge in [-0.2, -0.15) is 0 Å². The van der Waals surface area contributed by atoms with E-state index in [1.807, 2.05) is 0 Å². The molecule has 1 saturated carbocycles. The van der Waals surface area contributed by atoms with Gasteiger partial charge in [-0.1, -0.05) is 12.2 Å². The Bertz CT molecular complexity index is 311. The van der Waals surface area contributed by atoms with E-state index in [1.165, 1.54) is 12.8 Å². The second kappa shape index (κ2) is 6.45. The SMILES string of the molecule is NC(=S)CN1CCN(CC(=O)NCC2CC2)CC1. The number of nitrogens with two attached hydrogens (primary N) is 1. The van der Waals surface area contributed by atoms with E-state index in [-0.39, 0.29) is 5.91 Å². The van der Waals surface area contributed by atoms with E-state index in [0.29, 0.717) is 18.1 Å². The molecular weight excluding hydrogens is 248 g/mol. The third-order valence-corrected chi connectivity index (χ3v) is 3.63. The van der Waals surface area contributed by atoms with Gasteiger partial charge in [0.1, 0.15) is 0 Å². The van der Waals surface area contributed by atoms with Crippen molar-refractivity contribution >= 4 is 23.1 Å². The van der Waals surface area contributed by atoms with Crippen LogP contribution in [0, 0.1) is 5.92 Å². The summed E-state index contributed by atoms with van der Waals surface area (Å²) in [7, 11) is 0. The minimum atomic E-state index is 0.157. The smallest absolute Gasteiger partial charge is 0.234 e. The molecule has 5 nitrogen and oxygen atoms in total. The molecule has 3 N–H and O–H groups in total. The maximum Gasteiger partial charge on any atom is 0.234 e. The number of piperazine rings is 1. The van der Waals surface area contributed by atoms with Crippen molar-refractivity contribution in [3.63, 3.8) is 0 Å². The predicted octanol–water partition coefficient (Wildman–Crippen LogP) is -0.584. The fourth-order valence-electron chi connectivity index (χ4n) is 2.17. The highest BCUT2D eigenvalue weighted by Crippen LogP contribution is 2.27. The molecule has 1 aliphatic heterocycles. The average molecular weight is 270 g/mol. The molecule has 0 unspecified atom stereocenters. The molecule has 1 aliphatic carbocycles. The zero-order valence-corrected chi connectivity index (χ0v) is 11.5. The first-order valence-corrected chi connectivity index (χ1v) is 7.04. The van der Waals surface area contributed by atoms with Gasteiger partial charge in [0.25, 0.3) is 0 Å². The topological polar surface area (TPSA) is 61.6 Å². The van der Waals surface area contributed by atoms with Crippen molar-refractivity contribution < 1.29 is 4.79 Å². The zero-order chi connectivity index (χ0) is 13.0. The van der Waals surface area contributed by atoms with Crippen LogP contribution in [-0.4, -0.2) is 66.5 Å². The lowest BCUT2D eigenvalue weighted by molar-refractivity contribution is -0.122. The molecule has 1 saturated heterocycles. The normalized spacial score (nSPS) is 21.8. The second-order valence-electron chi connectivity index (χ2n) is 5.27. The number of hydrogen-bond acceptors (Lipinski definition) is 4. The summed E-state index contributed by atoms with van der Waals surface area (Å²) in [6.07, 6.45) is 2.55. The Morgan fingerprint density at radius 2 is 1.72 bits per heavy atom. The highest BCUT2D eigenvalue weighted by atomic mass is 32.1. The van der Waals surface area contributed by atoms with Crippen molar-refractivity contribution in [3.05, 3.63) is 0 Å². The molecule has 2 aliphatic rings. The van der Waals surface area contributed by atoms with Gasteiger partial charge in [-0.05, 0) is 18.8 Å². The van der Waals surface area contributed by atoms with Gasteiger partial charge >= 0.3 is 0 Å². The van der Waals surface area contributed by atoms with Crippen LogP contribution in [0.25, 0.3) is 0 Å². The van der Waals surface area contributed by atoms with Crippen LogP contribution in [0.5, 0.6) is 0 Å². The molecule has 2 fully saturated rings. The molecule has 1 amide bonds. The maximum absolute atomic E-state index is 11.7. The molecule has 0 aromatic heterocycles. The molecular formula is C12H22N4OS. The van der Waals surface area contributed by atoms with E-state index in [4.69, 9.17) is 18.0 Å². The Labute approximate surface area is 114 Å². The number of nitrogens with zero attached hydrogens (tertiary/aromatic N) is 2. The number of rotatable bonds is 6. The molecule has 0 atom stereocenters. The Morgan fingerprint density at radius 3 is 2.22 bits per heavy atom. The summed E-state index contributed by atoms with van der Waals surface area (Å²) in [5, 5.41) is 3.00. The van der Waals surface area contributed by atoms with E-state index in [1.54, 1.807) is 0 Å². The number of hydrogen-bond donors (Lipinski definition) is 2. The molecule has 0 aromatic carbocycles. The largest absolute Gasteiger partial charge is 0.392 e. The Kier molecular flexibility index (Phi) is 4.91. The molecule has 6 heteroatoms. The first-order chi connectivity index (χ1) is 8.63. The van der Waals surface area contributed by atoms with Gasteiger partial charge in [0.05, 0.1) is 11.5 Å². The van der Waals surface area contributed by atoms with Crippen molar-refractivity contribution in [3.8, 4) is 0 Å². The van der Waals surface area contributed by atoms with Crippen LogP contribution in [0.15, 0.2) is 0 Å². The molecule has 0 aromatic rings. The van der Waals surface area contributed by atoms with Gasteiger partial charge in [-0.25, -0.2) is 0 Å². The van der Waals surface area contributed by atoms with Crippen LogP contribution in [0.2, 0.25) is 0 Å². The lowest BCUT2D eigenvalue weighted by Gasteiger charge is -2.33. The highest BCUT2D eigenvalue weighted by molar-refractivity contribution is 7.80. The molecule has 0 radical (unpaired) electrons. The zero-order valence-electron chi connectivity index (χ0n) is 10.7. The average Bonchev–Trinajstić information content (AvgIpc) is 3.12. The molecule has 0 spiro atoms. The maximum atomic E-state index is 11.7. The summed E-state index contributed by atoms with van der Waals surface area (Å²) in [4.78, 5) is 16.7. The number of carbonyl (C=O) groups excluding carboxylic acids is 1. The fourth-order valence-corrected chi connectivity index (χ4v) is 2.35. The van der Waals surface area contributed by atoms with Crippen molar-refractivity contribution in [1.29, 1.82) is 0 Å². The van der Waals surface area contributed by atoms with Crippen molar-refractivity contribution in [2.24, 2.45) is 11.7 Å². The molecule has 1 heterocycles. The third kappa shape index (κ3) is 4.88. The number of carbonyl (C=O) groups is 1. The summed E-state index contributed by atoms with van der Waals surface area (Å²) >= 11 is 4.90. The minimum Gasteiger partial charge on any atom is -0.392 e. The van der Waals surface area contributed by atoms with Crippen molar-refractivity contribution in [1.82, 2.24) is 15.1 Å². The van der Waals surface area contributed by atoms with Crippen LogP contribution in [0.1, 0.15) is 12.8 Å². The van der Waals surface area contributed by atoms with E-state index in [9.17, 15) is 4.79 Å². The summed E-state index contributed by atoms with van der Waals surface area (Å²) in [5.74, 6) is 0.904. The van der Waals surface area contributed by atoms with Crippen LogP contribution in [0.4, 0.5) is 0 Å². The summed E-state index contributed by atoms with van der Waals surface area (Å²) in [6, 6.07) is 0. The molecule has 0 bridgehead atoms. The first-order valence-electron chi connectivity index (χ1n) is 6.63. The van der Waals surface area contributed by atoms with Gasteiger partial charge in [0, 0.05) is 39.3 Å². The third-order valence-electron chi connectivity index (χ3n) is 3.50. The van der Waals surface area contributed by atoms with Crippen molar-refractivity contribution in [2.75, 3.05) is 45.8 Å². The minimum absolute atomic E-state index is 0.157.